The molecular weight excluding hydrogens is 390 g/mol. The summed E-state index contributed by atoms with van der Waals surface area (Å²) in [5, 5.41) is 1.35. The summed E-state index contributed by atoms with van der Waals surface area (Å²) in [5.74, 6) is -1.30. The van der Waals surface area contributed by atoms with Crippen LogP contribution in [0, 0.1) is 6.92 Å². The first-order valence-electron chi connectivity index (χ1n) is 7.94. The fraction of sp³-hybridized carbons (Fsp3) is 0.158. The van der Waals surface area contributed by atoms with E-state index in [2.05, 4.69) is 4.72 Å². The Labute approximate surface area is 162 Å². The van der Waals surface area contributed by atoms with Crippen LogP contribution in [0.4, 0.5) is 0 Å². The van der Waals surface area contributed by atoms with Crippen molar-refractivity contribution in [3.05, 3.63) is 75.7 Å². The van der Waals surface area contributed by atoms with Gasteiger partial charge in [-0.2, -0.15) is 0 Å². The number of benzene rings is 2. The van der Waals surface area contributed by atoms with Crippen LogP contribution in [-0.2, 0) is 19.6 Å². The summed E-state index contributed by atoms with van der Waals surface area (Å²) in [5.41, 5.74) is 2.07. The fourth-order valence-corrected chi connectivity index (χ4v) is 2.94. The SMILES string of the molecule is Cc1ccc(/C=C\S(=O)(=O)NCC(=O)OCC(=O)c2cccc(Cl)c2)cc1. The van der Waals surface area contributed by atoms with Gasteiger partial charge in [0.15, 0.2) is 12.4 Å². The minimum Gasteiger partial charge on any atom is -0.456 e. The van der Waals surface area contributed by atoms with Crippen molar-refractivity contribution in [2.45, 2.75) is 6.92 Å². The number of nitrogens with one attached hydrogen (secondary N) is 1. The average Bonchev–Trinajstić information content (AvgIpc) is 2.64. The number of ketones is 1. The number of ether oxygens (including phenoxy) is 1. The number of carbonyl (C=O) groups excluding carboxylic acids is 2. The van der Waals surface area contributed by atoms with Crippen molar-refractivity contribution >= 4 is 39.5 Å². The van der Waals surface area contributed by atoms with Crippen LogP contribution in [0.15, 0.2) is 53.9 Å². The molecule has 6 nitrogen and oxygen atoms in total. The molecule has 0 spiro atoms. The molecule has 0 bridgehead atoms. The molecule has 0 radical (unpaired) electrons. The highest BCUT2D eigenvalue weighted by Crippen LogP contribution is 2.11. The molecule has 0 fully saturated rings. The van der Waals surface area contributed by atoms with Crippen molar-refractivity contribution in [2.24, 2.45) is 0 Å². The Morgan fingerprint density at radius 2 is 1.85 bits per heavy atom. The zero-order chi connectivity index (χ0) is 19.9. The van der Waals surface area contributed by atoms with Crippen molar-refractivity contribution in [1.82, 2.24) is 4.72 Å². The zero-order valence-corrected chi connectivity index (χ0v) is 16.1. The van der Waals surface area contributed by atoms with Gasteiger partial charge in [-0.1, -0.05) is 53.6 Å². The summed E-state index contributed by atoms with van der Waals surface area (Å²) >= 11 is 5.79. The van der Waals surface area contributed by atoms with E-state index < -0.39 is 34.9 Å². The third-order valence-corrected chi connectivity index (χ3v) is 4.72. The summed E-state index contributed by atoms with van der Waals surface area (Å²) in [7, 11) is -3.82. The van der Waals surface area contributed by atoms with Gasteiger partial charge in [-0.15, -0.1) is 0 Å². The van der Waals surface area contributed by atoms with Crippen LogP contribution in [0.1, 0.15) is 21.5 Å². The van der Waals surface area contributed by atoms with Crippen LogP contribution in [0.3, 0.4) is 0 Å². The second-order valence-electron chi connectivity index (χ2n) is 5.67. The van der Waals surface area contributed by atoms with E-state index in [-0.39, 0.29) is 0 Å². The molecule has 0 saturated heterocycles. The minimum atomic E-state index is -3.82. The van der Waals surface area contributed by atoms with Gasteiger partial charge in [0.25, 0.3) is 0 Å². The van der Waals surface area contributed by atoms with Gasteiger partial charge < -0.3 is 4.74 Å². The highest BCUT2D eigenvalue weighted by atomic mass is 35.5. The van der Waals surface area contributed by atoms with E-state index in [9.17, 15) is 18.0 Å². The van der Waals surface area contributed by atoms with Crippen LogP contribution in [0.25, 0.3) is 6.08 Å². The van der Waals surface area contributed by atoms with Crippen molar-refractivity contribution < 1.29 is 22.7 Å². The van der Waals surface area contributed by atoms with E-state index in [0.717, 1.165) is 11.0 Å². The fourth-order valence-electron chi connectivity index (χ4n) is 2.00. The van der Waals surface area contributed by atoms with Crippen LogP contribution in [0.2, 0.25) is 5.02 Å². The van der Waals surface area contributed by atoms with Crippen molar-refractivity contribution in [3.63, 3.8) is 0 Å². The van der Waals surface area contributed by atoms with E-state index >= 15 is 0 Å². The lowest BCUT2D eigenvalue weighted by molar-refractivity contribution is -0.141. The van der Waals surface area contributed by atoms with Crippen LogP contribution in [-0.4, -0.2) is 33.3 Å². The highest BCUT2D eigenvalue weighted by molar-refractivity contribution is 7.92. The third kappa shape index (κ3) is 7.34. The average molecular weight is 408 g/mol. The number of hydrogen-bond donors (Lipinski definition) is 1. The van der Waals surface area contributed by atoms with E-state index in [1.165, 1.54) is 12.1 Å². The number of rotatable bonds is 8. The summed E-state index contributed by atoms with van der Waals surface area (Å²) in [4.78, 5) is 23.6. The van der Waals surface area contributed by atoms with E-state index in [0.29, 0.717) is 16.1 Å². The van der Waals surface area contributed by atoms with Gasteiger partial charge in [-0.05, 0) is 30.7 Å². The largest absolute Gasteiger partial charge is 0.456 e. The van der Waals surface area contributed by atoms with Crippen molar-refractivity contribution in [2.75, 3.05) is 13.2 Å². The molecule has 8 heteroatoms. The topological polar surface area (TPSA) is 89.5 Å². The first-order chi connectivity index (χ1) is 12.7. The monoisotopic (exact) mass is 407 g/mol. The van der Waals surface area contributed by atoms with Gasteiger partial charge in [-0.25, -0.2) is 13.1 Å². The molecule has 0 aromatic heterocycles. The molecule has 0 aliphatic carbocycles. The maximum atomic E-state index is 11.9. The smallest absolute Gasteiger partial charge is 0.321 e. The normalized spacial score (nSPS) is 11.5. The van der Waals surface area contributed by atoms with Gasteiger partial charge >= 0.3 is 5.97 Å². The maximum Gasteiger partial charge on any atom is 0.321 e. The number of Topliss-reactive ketones (excluding diaryl/α,β-unsaturated/α-hetero) is 1. The Bertz CT molecular complexity index is 952. The molecule has 0 heterocycles. The first-order valence-corrected chi connectivity index (χ1v) is 9.86. The lowest BCUT2D eigenvalue weighted by Crippen LogP contribution is -2.30. The standard InChI is InChI=1S/C19H18ClNO5S/c1-14-5-7-15(8-6-14)9-10-27(24,25)21-12-19(23)26-13-18(22)16-3-2-4-17(20)11-16/h2-11,21H,12-13H2,1H3/b10-9-. The molecule has 2 rings (SSSR count). The Hall–Kier alpha value is -2.48. The summed E-state index contributed by atoms with van der Waals surface area (Å²) in [6, 6.07) is 13.5. The number of aryl methyl sites for hydroxylation is 1. The predicted molar refractivity (Wildman–Crippen MR) is 104 cm³/mol. The number of halogens is 1. The molecule has 0 aliphatic heterocycles. The van der Waals surface area contributed by atoms with Gasteiger partial charge in [0.1, 0.15) is 6.54 Å². The lowest BCUT2D eigenvalue weighted by Gasteiger charge is -2.05. The number of sulfonamides is 1. The van der Waals surface area contributed by atoms with Crippen LogP contribution >= 0.6 is 11.6 Å². The van der Waals surface area contributed by atoms with Crippen molar-refractivity contribution in [3.8, 4) is 0 Å². The molecule has 0 aliphatic rings. The van der Waals surface area contributed by atoms with Crippen molar-refractivity contribution in [1.29, 1.82) is 0 Å². The van der Waals surface area contributed by atoms with Crippen LogP contribution in [0.5, 0.6) is 0 Å². The van der Waals surface area contributed by atoms with E-state index in [4.69, 9.17) is 16.3 Å². The molecule has 2 aromatic carbocycles. The number of hydrogen-bond acceptors (Lipinski definition) is 5. The Morgan fingerprint density at radius 3 is 2.52 bits per heavy atom. The second-order valence-corrected chi connectivity index (χ2v) is 7.76. The molecule has 27 heavy (non-hydrogen) atoms. The highest BCUT2D eigenvalue weighted by Gasteiger charge is 2.13. The summed E-state index contributed by atoms with van der Waals surface area (Å²) < 4.78 is 30.6. The molecule has 0 atom stereocenters. The summed E-state index contributed by atoms with van der Waals surface area (Å²) in [6.45, 7) is 0.845. The molecule has 0 saturated carbocycles. The van der Waals surface area contributed by atoms with Gasteiger partial charge in [0.2, 0.25) is 10.0 Å². The molecular formula is C19H18ClNO5S. The molecule has 142 valence electrons. The Morgan fingerprint density at radius 1 is 1.15 bits per heavy atom. The Balaban J connectivity index is 1.81. The minimum absolute atomic E-state index is 0.303. The number of carbonyl (C=O) groups is 2. The molecule has 1 N–H and O–H groups in total. The molecule has 2 aromatic rings. The second kappa shape index (κ2) is 9.45. The first kappa shape index (κ1) is 20.8. The number of esters is 1. The Kier molecular flexibility index (Phi) is 7.29. The van der Waals surface area contributed by atoms with E-state index in [1.807, 2.05) is 19.1 Å². The van der Waals surface area contributed by atoms with Crippen LogP contribution < -0.4 is 4.72 Å². The quantitative estimate of drug-likeness (QED) is 0.536. The maximum absolute atomic E-state index is 11.9. The molecule has 0 amide bonds. The van der Waals surface area contributed by atoms with Gasteiger partial charge in [0.05, 0.1) is 0 Å². The van der Waals surface area contributed by atoms with Gasteiger partial charge in [0, 0.05) is 16.0 Å². The molecule has 0 unspecified atom stereocenters. The zero-order valence-electron chi connectivity index (χ0n) is 14.5. The van der Waals surface area contributed by atoms with E-state index in [1.54, 1.807) is 30.3 Å². The lowest BCUT2D eigenvalue weighted by atomic mass is 10.1. The predicted octanol–water partition coefficient (Wildman–Crippen LogP) is 2.96. The third-order valence-electron chi connectivity index (χ3n) is 3.45. The summed E-state index contributed by atoms with van der Waals surface area (Å²) in [6.07, 6.45) is 1.41. The van der Waals surface area contributed by atoms with Gasteiger partial charge in [-0.3, -0.25) is 9.59 Å².